The molecule has 1 amide bonds. The van der Waals surface area contributed by atoms with E-state index in [4.69, 9.17) is 15.7 Å². The van der Waals surface area contributed by atoms with E-state index >= 15 is 0 Å². The molecule has 0 saturated carbocycles. The standard InChI is InChI=1S/C19H23N3O4/c1-11(2)17(22-18(24)14-8-6-5-7-12(14)3)19(25)26-10-16(23)15(9-20)13(4)21/h5-8,11,17H,10,21H2,1-4H3,(H,22,24). The topological polar surface area (TPSA) is 122 Å². The van der Waals surface area contributed by atoms with E-state index in [2.05, 4.69) is 5.32 Å². The molecule has 0 aromatic heterocycles. The number of hydrogen-bond donors (Lipinski definition) is 2. The number of amides is 1. The molecular weight excluding hydrogens is 334 g/mol. The Morgan fingerprint density at radius 2 is 1.88 bits per heavy atom. The van der Waals surface area contributed by atoms with Gasteiger partial charge in [-0.15, -0.1) is 0 Å². The fraction of sp³-hybridized carbons (Fsp3) is 0.368. The van der Waals surface area contributed by atoms with Gasteiger partial charge in [-0.2, -0.15) is 5.26 Å². The number of carbonyl (C=O) groups is 3. The fourth-order valence-corrected chi connectivity index (χ4v) is 2.21. The second-order valence-electron chi connectivity index (χ2n) is 6.21. The summed E-state index contributed by atoms with van der Waals surface area (Å²) < 4.78 is 4.98. The van der Waals surface area contributed by atoms with Crippen LogP contribution in [0.4, 0.5) is 0 Å². The van der Waals surface area contributed by atoms with Gasteiger partial charge in [0.15, 0.2) is 6.61 Å². The van der Waals surface area contributed by atoms with Crippen molar-refractivity contribution in [3.63, 3.8) is 0 Å². The van der Waals surface area contributed by atoms with Gasteiger partial charge in [-0.1, -0.05) is 32.0 Å². The van der Waals surface area contributed by atoms with Gasteiger partial charge in [-0.05, 0) is 31.4 Å². The van der Waals surface area contributed by atoms with Crippen molar-refractivity contribution in [2.75, 3.05) is 6.61 Å². The Labute approximate surface area is 152 Å². The first kappa shape index (κ1) is 20.9. The van der Waals surface area contributed by atoms with Crippen LogP contribution in [0.3, 0.4) is 0 Å². The summed E-state index contributed by atoms with van der Waals surface area (Å²) in [5.41, 5.74) is 6.49. The monoisotopic (exact) mass is 357 g/mol. The summed E-state index contributed by atoms with van der Waals surface area (Å²) in [4.78, 5) is 36.6. The normalized spacial score (nSPS) is 12.6. The lowest BCUT2D eigenvalue weighted by Gasteiger charge is -2.21. The minimum Gasteiger partial charge on any atom is -0.456 e. The van der Waals surface area contributed by atoms with E-state index in [0.717, 1.165) is 5.56 Å². The van der Waals surface area contributed by atoms with E-state index in [1.54, 1.807) is 45.0 Å². The molecule has 0 saturated heterocycles. The lowest BCUT2D eigenvalue weighted by atomic mass is 10.0. The van der Waals surface area contributed by atoms with Crippen LogP contribution in [0, 0.1) is 24.2 Å². The fourth-order valence-electron chi connectivity index (χ4n) is 2.21. The summed E-state index contributed by atoms with van der Waals surface area (Å²) in [7, 11) is 0. The van der Waals surface area contributed by atoms with Crippen molar-refractivity contribution < 1.29 is 19.1 Å². The van der Waals surface area contributed by atoms with Crippen LogP contribution in [0.5, 0.6) is 0 Å². The Bertz CT molecular complexity index is 771. The van der Waals surface area contributed by atoms with Gasteiger partial charge in [0.2, 0.25) is 5.78 Å². The van der Waals surface area contributed by atoms with Gasteiger partial charge in [-0.25, -0.2) is 4.79 Å². The van der Waals surface area contributed by atoms with Crippen molar-refractivity contribution in [1.82, 2.24) is 5.32 Å². The number of ether oxygens (including phenoxy) is 1. The molecule has 0 heterocycles. The second-order valence-corrected chi connectivity index (χ2v) is 6.21. The number of hydrogen-bond acceptors (Lipinski definition) is 6. The number of nitrogens with one attached hydrogen (secondary N) is 1. The molecule has 1 atom stereocenters. The Kier molecular flexibility index (Phi) is 7.53. The molecule has 0 fully saturated rings. The van der Waals surface area contributed by atoms with E-state index in [-0.39, 0.29) is 17.2 Å². The molecule has 26 heavy (non-hydrogen) atoms. The van der Waals surface area contributed by atoms with Crippen molar-refractivity contribution in [2.45, 2.75) is 33.7 Å². The number of benzene rings is 1. The molecule has 3 N–H and O–H groups in total. The molecule has 0 radical (unpaired) electrons. The number of nitrogens with zero attached hydrogens (tertiary/aromatic N) is 1. The minimum absolute atomic E-state index is 0.0572. The maximum absolute atomic E-state index is 12.4. The summed E-state index contributed by atoms with van der Waals surface area (Å²) in [6, 6.07) is 7.75. The van der Waals surface area contributed by atoms with Crippen molar-refractivity contribution in [2.24, 2.45) is 11.7 Å². The van der Waals surface area contributed by atoms with Crippen LogP contribution in [0.1, 0.15) is 36.7 Å². The van der Waals surface area contributed by atoms with Gasteiger partial charge in [0.25, 0.3) is 5.91 Å². The van der Waals surface area contributed by atoms with E-state index < -0.39 is 30.3 Å². The Morgan fingerprint density at radius 1 is 1.27 bits per heavy atom. The molecule has 1 aromatic rings. The quantitative estimate of drug-likeness (QED) is 0.434. The highest BCUT2D eigenvalue weighted by molar-refractivity contribution is 6.02. The van der Waals surface area contributed by atoms with Gasteiger partial charge in [0.1, 0.15) is 17.7 Å². The van der Waals surface area contributed by atoms with Gasteiger partial charge < -0.3 is 15.8 Å². The zero-order chi connectivity index (χ0) is 19.9. The highest BCUT2D eigenvalue weighted by Gasteiger charge is 2.27. The third-order valence-corrected chi connectivity index (χ3v) is 3.73. The summed E-state index contributed by atoms with van der Waals surface area (Å²) in [6.45, 7) is 6.09. The van der Waals surface area contributed by atoms with Crippen molar-refractivity contribution in [3.05, 3.63) is 46.7 Å². The number of ketones is 1. The van der Waals surface area contributed by atoms with Crippen molar-refractivity contribution >= 4 is 17.7 Å². The van der Waals surface area contributed by atoms with Crippen LogP contribution >= 0.6 is 0 Å². The number of allylic oxidation sites excluding steroid dienone is 1. The van der Waals surface area contributed by atoms with Crippen LogP contribution in [0.15, 0.2) is 35.5 Å². The van der Waals surface area contributed by atoms with Gasteiger partial charge in [0, 0.05) is 11.3 Å². The number of nitrogens with two attached hydrogens (primary N) is 1. The molecule has 1 unspecified atom stereocenters. The van der Waals surface area contributed by atoms with Crippen LogP contribution < -0.4 is 11.1 Å². The Morgan fingerprint density at radius 3 is 2.38 bits per heavy atom. The molecule has 7 heteroatoms. The molecule has 138 valence electrons. The maximum Gasteiger partial charge on any atom is 0.329 e. The van der Waals surface area contributed by atoms with Crippen LogP contribution in [0.25, 0.3) is 0 Å². The third kappa shape index (κ3) is 5.45. The van der Waals surface area contributed by atoms with E-state index in [1.165, 1.54) is 6.92 Å². The molecule has 7 nitrogen and oxygen atoms in total. The van der Waals surface area contributed by atoms with Crippen LogP contribution in [-0.2, 0) is 14.3 Å². The molecule has 0 aliphatic rings. The summed E-state index contributed by atoms with van der Waals surface area (Å²) in [6.07, 6.45) is 0. The first-order valence-corrected chi connectivity index (χ1v) is 8.11. The van der Waals surface area contributed by atoms with E-state index in [0.29, 0.717) is 5.56 Å². The molecule has 0 aliphatic carbocycles. The van der Waals surface area contributed by atoms with Gasteiger partial charge >= 0.3 is 5.97 Å². The van der Waals surface area contributed by atoms with Gasteiger partial charge in [0.05, 0.1) is 0 Å². The Balaban J connectivity index is 2.81. The van der Waals surface area contributed by atoms with Crippen LogP contribution in [0.2, 0.25) is 0 Å². The average molecular weight is 357 g/mol. The zero-order valence-electron chi connectivity index (χ0n) is 15.3. The predicted octanol–water partition coefficient (Wildman–Crippen LogP) is 1.62. The van der Waals surface area contributed by atoms with Gasteiger partial charge in [-0.3, -0.25) is 9.59 Å². The average Bonchev–Trinajstić information content (AvgIpc) is 2.57. The summed E-state index contributed by atoms with van der Waals surface area (Å²) >= 11 is 0. The highest BCUT2D eigenvalue weighted by Crippen LogP contribution is 2.10. The first-order valence-electron chi connectivity index (χ1n) is 8.11. The van der Waals surface area contributed by atoms with Crippen molar-refractivity contribution in [3.8, 4) is 6.07 Å². The number of Topliss-reactive ketones (excluding diaryl/α,β-unsaturated/α-hetero) is 1. The van der Waals surface area contributed by atoms with E-state index in [9.17, 15) is 14.4 Å². The molecule has 0 spiro atoms. The SMILES string of the molecule is CC(N)=C(C#N)C(=O)COC(=O)C(NC(=O)c1ccccc1C)C(C)C. The zero-order valence-corrected chi connectivity index (χ0v) is 15.3. The van der Waals surface area contributed by atoms with Crippen molar-refractivity contribution in [1.29, 1.82) is 5.26 Å². The molecule has 1 rings (SSSR count). The van der Waals surface area contributed by atoms with E-state index in [1.807, 2.05) is 6.07 Å². The highest BCUT2D eigenvalue weighted by atomic mass is 16.5. The number of esters is 1. The molecule has 1 aromatic carbocycles. The first-order chi connectivity index (χ1) is 12.2. The smallest absolute Gasteiger partial charge is 0.329 e. The second kappa shape index (κ2) is 9.37. The largest absolute Gasteiger partial charge is 0.456 e. The maximum atomic E-state index is 12.4. The van der Waals surface area contributed by atoms with Crippen LogP contribution in [-0.4, -0.2) is 30.3 Å². The Hall–Kier alpha value is -3.14. The minimum atomic E-state index is -0.927. The predicted molar refractivity (Wildman–Crippen MR) is 95.7 cm³/mol. The molecule has 0 bridgehead atoms. The number of aryl methyl sites for hydroxylation is 1. The summed E-state index contributed by atoms with van der Waals surface area (Å²) in [5.74, 6) is -2.09. The molecule has 0 aliphatic heterocycles. The summed E-state index contributed by atoms with van der Waals surface area (Å²) in [5, 5.41) is 11.5. The third-order valence-electron chi connectivity index (χ3n) is 3.73. The molecular formula is C19H23N3O4. The number of carbonyl (C=O) groups excluding carboxylic acids is 3. The lowest BCUT2D eigenvalue weighted by molar-refractivity contribution is -0.150. The number of rotatable bonds is 7. The number of nitriles is 1. The lowest BCUT2D eigenvalue weighted by Crippen LogP contribution is -2.46.